The third kappa shape index (κ3) is 3.49. The van der Waals surface area contributed by atoms with Gasteiger partial charge < -0.3 is 19.5 Å². The van der Waals surface area contributed by atoms with E-state index in [1.807, 2.05) is 26.0 Å². The van der Waals surface area contributed by atoms with Gasteiger partial charge in [0.05, 0.1) is 17.6 Å². The van der Waals surface area contributed by atoms with Crippen molar-refractivity contribution < 1.29 is 23.8 Å². The Morgan fingerprint density at radius 3 is 2.46 bits per heavy atom. The van der Waals surface area contributed by atoms with Crippen molar-refractivity contribution in [2.75, 3.05) is 18.7 Å². The number of hydrogen-bond acceptors (Lipinski definition) is 5. The smallest absolute Gasteiger partial charge is 0.338 e. The number of amides is 1. The van der Waals surface area contributed by atoms with Gasteiger partial charge in [0.25, 0.3) is 0 Å². The number of anilines is 1. The molecule has 26 heavy (non-hydrogen) atoms. The molecule has 0 aliphatic carbocycles. The molecule has 1 amide bonds. The van der Waals surface area contributed by atoms with Crippen LogP contribution in [0.4, 0.5) is 5.69 Å². The van der Waals surface area contributed by atoms with Gasteiger partial charge in [-0.3, -0.25) is 4.79 Å². The third-order valence-corrected chi connectivity index (χ3v) is 4.32. The number of hydrogen-bond donors (Lipinski definition) is 1. The van der Waals surface area contributed by atoms with E-state index < -0.39 is 5.41 Å². The number of rotatable bonds is 5. The van der Waals surface area contributed by atoms with Gasteiger partial charge in [0.15, 0.2) is 11.5 Å². The number of nitrogens with one attached hydrogen (secondary N) is 1. The number of carbonyl (C=O) groups is 2. The Labute approximate surface area is 152 Å². The van der Waals surface area contributed by atoms with E-state index in [1.165, 1.54) is 0 Å². The number of ether oxygens (including phenoxy) is 3. The summed E-state index contributed by atoms with van der Waals surface area (Å²) in [7, 11) is 0. The Hall–Kier alpha value is -3.02. The molecular weight excluding hydrogens is 334 g/mol. The molecule has 0 aromatic heterocycles. The first-order valence-electron chi connectivity index (χ1n) is 8.40. The lowest BCUT2D eigenvalue weighted by atomic mass is 9.83. The summed E-state index contributed by atoms with van der Waals surface area (Å²) in [6.07, 6.45) is 0. The molecule has 3 rings (SSSR count). The maximum atomic E-state index is 12.8. The number of esters is 1. The van der Waals surface area contributed by atoms with Crippen molar-refractivity contribution in [1.29, 1.82) is 0 Å². The van der Waals surface area contributed by atoms with Crippen LogP contribution in [0, 0.1) is 0 Å². The SMILES string of the molecule is CCOC(=O)c1ccc(NC(=O)C(C)(C)c2ccc3c(c2)OCO3)cc1. The highest BCUT2D eigenvalue weighted by molar-refractivity contribution is 5.99. The molecule has 1 N–H and O–H groups in total. The molecule has 0 radical (unpaired) electrons. The van der Waals surface area contributed by atoms with Crippen LogP contribution in [0.1, 0.15) is 36.7 Å². The van der Waals surface area contributed by atoms with E-state index in [4.69, 9.17) is 14.2 Å². The summed E-state index contributed by atoms with van der Waals surface area (Å²) < 4.78 is 15.6. The largest absolute Gasteiger partial charge is 0.462 e. The van der Waals surface area contributed by atoms with E-state index in [9.17, 15) is 9.59 Å². The van der Waals surface area contributed by atoms with Gasteiger partial charge in [0.2, 0.25) is 12.7 Å². The highest BCUT2D eigenvalue weighted by atomic mass is 16.7. The Bertz CT molecular complexity index is 827. The molecule has 2 aromatic carbocycles. The summed E-state index contributed by atoms with van der Waals surface area (Å²) in [6.45, 7) is 5.95. The molecule has 2 aromatic rings. The molecule has 0 spiro atoms. The molecule has 136 valence electrons. The number of carbonyl (C=O) groups excluding carboxylic acids is 2. The Morgan fingerprint density at radius 2 is 1.77 bits per heavy atom. The number of fused-ring (bicyclic) bond motifs is 1. The molecule has 0 unspecified atom stereocenters. The molecule has 0 atom stereocenters. The highest BCUT2D eigenvalue weighted by Gasteiger charge is 2.31. The average molecular weight is 355 g/mol. The Kier molecular flexibility index (Phi) is 4.84. The van der Waals surface area contributed by atoms with Crippen LogP contribution in [0.2, 0.25) is 0 Å². The predicted molar refractivity (Wildman–Crippen MR) is 96.6 cm³/mol. The lowest BCUT2D eigenvalue weighted by Gasteiger charge is -2.24. The topological polar surface area (TPSA) is 73.9 Å². The lowest BCUT2D eigenvalue weighted by molar-refractivity contribution is -0.120. The molecule has 6 heteroatoms. The van der Waals surface area contributed by atoms with E-state index >= 15 is 0 Å². The predicted octanol–water partition coefficient (Wildman–Crippen LogP) is 3.51. The van der Waals surface area contributed by atoms with E-state index in [2.05, 4.69) is 5.32 Å². The van der Waals surface area contributed by atoms with Crippen LogP contribution in [-0.2, 0) is 14.9 Å². The maximum Gasteiger partial charge on any atom is 0.338 e. The molecule has 0 saturated carbocycles. The van der Waals surface area contributed by atoms with Crippen molar-refractivity contribution in [2.24, 2.45) is 0 Å². The lowest BCUT2D eigenvalue weighted by Crippen LogP contribution is -2.34. The van der Waals surface area contributed by atoms with Gasteiger partial charge in [0, 0.05) is 5.69 Å². The molecule has 0 fully saturated rings. The van der Waals surface area contributed by atoms with Gasteiger partial charge in [-0.1, -0.05) is 6.07 Å². The fourth-order valence-corrected chi connectivity index (χ4v) is 2.61. The van der Waals surface area contributed by atoms with Crippen molar-refractivity contribution in [2.45, 2.75) is 26.2 Å². The quantitative estimate of drug-likeness (QED) is 0.831. The van der Waals surface area contributed by atoms with Crippen molar-refractivity contribution in [3.8, 4) is 11.5 Å². The van der Waals surface area contributed by atoms with Gasteiger partial charge in [-0.15, -0.1) is 0 Å². The van der Waals surface area contributed by atoms with Crippen molar-refractivity contribution in [3.63, 3.8) is 0 Å². The standard InChI is InChI=1S/C20H21NO5/c1-4-24-18(22)13-5-8-15(9-6-13)21-19(23)20(2,3)14-7-10-16-17(11-14)26-12-25-16/h5-11H,4,12H2,1-3H3,(H,21,23). The maximum absolute atomic E-state index is 12.8. The first kappa shape index (κ1) is 17.8. The van der Waals surface area contributed by atoms with Crippen LogP contribution < -0.4 is 14.8 Å². The van der Waals surface area contributed by atoms with Crippen LogP contribution in [0.3, 0.4) is 0 Å². The second-order valence-electron chi connectivity index (χ2n) is 6.44. The van der Waals surface area contributed by atoms with Crippen LogP contribution >= 0.6 is 0 Å². The highest BCUT2D eigenvalue weighted by Crippen LogP contribution is 2.36. The molecule has 1 aliphatic heterocycles. The molecular formula is C20H21NO5. The fourth-order valence-electron chi connectivity index (χ4n) is 2.61. The van der Waals surface area contributed by atoms with Crippen LogP contribution in [-0.4, -0.2) is 25.3 Å². The minimum atomic E-state index is -0.777. The van der Waals surface area contributed by atoms with Crippen LogP contribution in [0.25, 0.3) is 0 Å². The molecule has 1 aliphatic rings. The van der Waals surface area contributed by atoms with Gasteiger partial charge in [-0.05, 0) is 62.7 Å². The molecule has 1 heterocycles. The van der Waals surface area contributed by atoms with Gasteiger partial charge >= 0.3 is 5.97 Å². The second-order valence-corrected chi connectivity index (χ2v) is 6.44. The van der Waals surface area contributed by atoms with Crippen molar-refractivity contribution in [1.82, 2.24) is 0 Å². The van der Waals surface area contributed by atoms with E-state index in [1.54, 1.807) is 37.3 Å². The van der Waals surface area contributed by atoms with Crippen LogP contribution in [0.5, 0.6) is 11.5 Å². The zero-order valence-corrected chi connectivity index (χ0v) is 15.0. The molecule has 6 nitrogen and oxygen atoms in total. The van der Waals surface area contributed by atoms with Gasteiger partial charge in [0.1, 0.15) is 0 Å². The normalized spacial score (nSPS) is 12.6. The zero-order chi connectivity index (χ0) is 18.7. The average Bonchev–Trinajstić information content (AvgIpc) is 3.10. The number of benzene rings is 2. The van der Waals surface area contributed by atoms with Gasteiger partial charge in [-0.25, -0.2) is 4.79 Å². The van der Waals surface area contributed by atoms with E-state index in [0.717, 1.165) is 5.56 Å². The van der Waals surface area contributed by atoms with Crippen molar-refractivity contribution in [3.05, 3.63) is 53.6 Å². The zero-order valence-electron chi connectivity index (χ0n) is 15.0. The minimum absolute atomic E-state index is 0.166. The Balaban J connectivity index is 1.73. The Morgan fingerprint density at radius 1 is 1.08 bits per heavy atom. The second kappa shape index (κ2) is 7.07. The summed E-state index contributed by atoms with van der Waals surface area (Å²) in [6, 6.07) is 12.1. The van der Waals surface area contributed by atoms with E-state index in [-0.39, 0.29) is 18.7 Å². The summed E-state index contributed by atoms with van der Waals surface area (Å²) in [5, 5.41) is 2.88. The summed E-state index contributed by atoms with van der Waals surface area (Å²) >= 11 is 0. The monoisotopic (exact) mass is 355 g/mol. The minimum Gasteiger partial charge on any atom is -0.462 e. The summed E-state index contributed by atoms with van der Waals surface area (Å²) in [4.78, 5) is 24.5. The third-order valence-electron chi connectivity index (χ3n) is 4.32. The fraction of sp³-hybridized carbons (Fsp3) is 0.300. The molecule has 0 saturated heterocycles. The summed E-state index contributed by atoms with van der Waals surface area (Å²) in [5.74, 6) is 0.771. The first-order valence-corrected chi connectivity index (χ1v) is 8.40. The molecule has 0 bridgehead atoms. The first-order chi connectivity index (χ1) is 12.4. The summed E-state index contributed by atoms with van der Waals surface area (Å²) in [5.41, 5.74) is 1.10. The van der Waals surface area contributed by atoms with E-state index in [0.29, 0.717) is 29.4 Å². The van der Waals surface area contributed by atoms with Crippen molar-refractivity contribution >= 4 is 17.6 Å². The van der Waals surface area contributed by atoms with Crippen LogP contribution in [0.15, 0.2) is 42.5 Å². The van der Waals surface area contributed by atoms with Gasteiger partial charge in [-0.2, -0.15) is 0 Å².